The summed E-state index contributed by atoms with van der Waals surface area (Å²) in [5.74, 6) is 8.71. The van der Waals surface area contributed by atoms with Gasteiger partial charge in [-0.15, -0.1) is 4.73 Å². The average Bonchev–Trinajstić information content (AvgIpc) is 1.72. The third-order valence-corrected chi connectivity index (χ3v) is 0.685. The molecule has 5 nitrogen and oxygen atoms in total. The molecule has 7 heteroatoms. The second-order valence-corrected chi connectivity index (χ2v) is 1.51. The molecule has 0 bridgehead atoms. The maximum absolute atomic E-state index is 10.8. The summed E-state index contributed by atoms with van der Waals surface area (Å²) < 4.78 is 21.0. The largest absolute Gasteiger partial charge is 0.403 e. The predicted molar refractivity (Wildman–Crippen MR) is 19.7 cm³/mol. The molecule has 0 amide bonds. The van der Waals surface area contributed by atoms with E-state index >= 15 is 0 Å². The molecule has 0 fully saturated rings. The van der Waals surface area contributed by atoms with Crippen LogP contribution in [0.3, 0.4) is 0 Å². The number of nitrogens with two attached hydrogens (primary N) is 2. The highest BCUT2D eigenvalue weighted by molar-refractivity contribution is 7.41. The molecular weight excluding hydrogens is 126 g/mol. The first kappa shape index (κ1) is 7.16. The minimum Gasteiger partial charge on any atom is -0.224 e. The summed E-state index contributed by atoms with van der Waals surface area (Å²) in [7, 11) is -2.17. The summed E-state index contributed by atoms with van der Waals surface area (Å²) in [5.41, 5.74) is 0. The lowest BCUT2D eigenvalue weighted by Crippen LogP contribution is -2.00. The van der Waals surface area contributed by atoms with Gasteiger partial charge in [0.15, 0.2) is 0 Å². The van der Waals surface area contributed by atoms with Gasteiger partial charge < -0.3 is 0 Å². The van der Waals surface area contributed by atoms with Crippen LogP contribution in [0.1, 0.15) is 0 Å². The van der Waals surface area contributed by atoms with Crippen LogP contribution in [0.25, 0.3) is 0 Å². The van der Waals surface area contributed by atoms with E-state index in [2.05, 4.69) is 25.8 Å². The molecule has 0 aliphatic heterocycles. The van der Waals surface area contributed by atoms with Crippen LogP contribution in [0.5, 0.6) is 0 Å². The van der Waals surface area contributed by atoms with Crippen molar-refractivity contribution in [3.8, 4) is 0 Å². The van der Waals surface area contributed by atoms with Gasteiger partial charge in [-0.05, 0) is 4.53 Å². The first-order valence-electron chi connectivity index (χ1n) is 1.17. The molecule has 0 aliphatic carbocycles. The molecular formula is H4FN2O3P. The van der Waals surface area contributed by atoms with Gasteiger partial charge in [-0.2, -0.15) is 0 Å². The van der Waals surface area contributed by atoms with Gasteiger partial charge >= 0.3 is 8.60 Å². The van der Waals surface area contributed by atoms with Crippen LogP contribution in [0.4, 0.5) is 4.53 Å². The van der Waals surface area contributed by atoms with E-state index in [0.29, 0.717) is 0 Å². The van der Waals surface area contributed by atoms with Crippen LogP contribution in [0.2, 0.25) is 0 Å². The van der Waals surface area contributed by atoms with E-state index in [-0.39, 0.29) is 0 Å². The number of hydrogen-bond acceptors (Lipinski definition) is 5. The van der Waals surface area contributed by atoms with Crippen molar-refractivity contribution in [2.45, 2.75) is 0 Å². The quantitative estimate of drug-likeness (QED) is 0.411. The Hall–Kier alpha value is 0.160. The van der Waals surface area contributed by atoms with Gasteiger partial charge in [-0.1, -0.05) is 0 Å². The Morgan fingerprint density at radius 2 is 1.71 bits per heavy atom. The lowest BCUT2D eigenvalue weighted by atomic mass is 13.6. The molecule has 0 aliphatic rings. The second-order valence-electron chi connectivity index (χ2n) is 0.503. The van der Waals surface area contributed by atoms with Crippen molar-refractivity contribution in [1.29, 1.82) is 0 Å². The smallest absolute Gasteiger partial charge is 0.224 e. The zero-order valence-electron chi connectivity index (χ0n) is 3.20. The van der Waals surface area contributed by atoms with E-state index in [1.54, 1.807) is 0 Å². The Morgan fingerprint density at radius 1 is 1.29 bits per heavy atom. The summed E-state index contributed by atoms with van der Waals surface area (Å²) >= 11 is 0. The van der Waals surface area contributed by atoms with Gasteiger partial charge in [0.2, 0.25) is 0 Å². The fourth-order valence-corrected chi connectivity index (χ4v) is 0.172. The monoisotopic (exact) mass is 130 g/mol. The minimum atomic E-state index is -2.17. The molecule has 0 unspecified atom stereocenters. The molecule has 0 atom stereocenters. The van der Waals surface area contributed by atoms with Gasteiger partial charge in [-0.25, -0.2) is 21.0 Å². The minimum absolute atomic E-state index is 2.17. The van der Waals surface area contributed by atoms with E-state index in [1.165, 1.54) is 0 Å². The lowest BCUT2D eigenvalue weighted by Gasteiger charge is -1.99. The van der Waals surface area contributed by atoms with Crippen molar-refractivity contribution >= 4 is 8.60 Å². The summed E-state index contributed by atoms with van der Waals surface area (Å²) in [4.78, 5) is 0. The summed E-state index contributed by atoms with van der Waals surface area (Å²) in [6, 6.07) is 0. The molecule has 44 valence electrons. The fourth-order valence-electron chi connectivity index (χ4n) is 0.0574. The molecule has 0 rings (SSSR count). The molecule has 0 aromatic rings. The van der Waals surface area contributed by atoms with E-state index in [0.717, 1.165) is 0 Å². The Bertz CT molecular complexity index is 34.4. The Kier molecular flexibility index (Phi) is 4.42. The molecule has 0 spiro atoms. The predicted octanol–water partition coefficient (Wildman–Crippen LogP) is -0.105. The molecule has 0 aromatic heterocycles. The van der Waals surface area contributed by atoms with Gasteiger partial charge in [0.05, 0.1) is 0 Å². The molecule has 0 saturated heterocycles. The summed E-state index contributed by atoms with van der Waals surface area (Å²) in [5, 5.41) is 0. The molecule has 0 heterocycles. The average molecular weight is 130 g/mol. The van der Waals surface area contributed by atoms with Crippen molar-refractivity contribution in [2.75, 3.05) is 0 Å². The third-order valence-electron chi connectivity index (χ3n) is 0.228. The summed E-state index contributed by atoms with van der Waals surface area (Å²) in [6.45, 7) is 0. The van der Waals surface area contributed by atoms with E-state index < -0.39 is 8.60 Å². The fraction of sp³-hybridized carbons (Fsp3) is 0. The van der Waals surface area contributed by atoms with Crippen LogP contribution in [0.15, 0.2) is 0 Å². The highest BCUT2D eigenvalue weighted by atomic mass is 31.2. The van der Waals surface area contributed by atoms with Gasteiger partial charge in [-0.3, -0.25) is 0 Å². The van der Waals surface area contributed by atoms with Gasteiger partial charge in [0, 0.05) is 0 Å². The lowest BCUT2D eigenvalue weighted by molar-refractivity contribution is -0.0359. The summed E-state index contributed by atoms with van der Waals surface area (Å²) in [6.07, 6.45) is 0. The third kappa shape index (κ3) is 2.81. The Morgan fingerprint density at radius 3 is 1.71 bits per heavy atom. The molecule has 0 radical (unpaired) electrons. The van der Waals surface area contributed by atoms with Gasteiger partial charge in [0.25, 0.3) is 0 Å². The van der Waals surface area contributed by atoms with Crippen molar-refractivity contribution in [1.82, 2.24) is 0 Å². The van der Waals surface area contributed by atoms with Crippen molar-refractivity contribution in [2.24, 2.45) is 11.8 Å². The maximum atomic E-state index is 10.8. The molecule has 0 aromatic carbocycles. The van der Waals surface area contributed by atoms with Crippen LogP contribution < -0.4 is 11.8 Å². The maximum Gasteiger partial charge on any atom is 0.403 e. The Labute approximate surface area is 40.1 Å². The first-order chi connectivity index (χ1) is 3.35. The molecule has 4 N–H and O–H groups in total. The van der Waals surface area contributed by atoms with Crippen LogP contribution in [-0.4, -0.2) is 0 Å². The highest BCUT2D eigenvalue weighted by Gasteiger charge is 2.07. The van der Waals surface area contributed by atoms with Crippen molar-refractivity contribution in [3.63, 3.8) is 0 Å². The molecule has 0 saturated carbocycles. The van der Waals surface area contributed by atoms with Crippen LogP contribution >= 0.6 is 8.60 Å². The Balaban J connectivity index is 2.99. The topological polar surface area (TPSA) is 79.7 Å². The zero-order valence-corrected chi connectivity index (χ0v) is 4.10. The number of halogens is 1. The molecule has 7 heavy (non-hydrogen) atoms. The van der Waals surface area contributed by atoms with E-state index in [4.69, 9.17) is 0 Å². The van der Waals surface area contributed by atoms with Gasteiger partial charge in [0.1, 0.15) is 0 Å². The second kappa shape index (κ2) is 4.32. The van der Waals surface area contributed by atoms with Crippen LogP contribution in [-0.2, 0) is 14.0 Å². The zero-order chi connectivity index (χ0) is 5.70. The number of hydrogen-bond donors (Lipinski definition) is 2. The van der Waals surface area contributed by atoms with E-state index in [1.807, 2.05) is 0 Å². The highest BCUT2D eigenvalue weighted by Crippen LogP contribution is 2.34. The standard InChI is InChI=1S/FH4N2O3P/c1-4-7(5-2)6-3/h2-3H2. The number of rotatable bonds is 3. The normalized spacial score (nSPS) is 10.3. The van der Waals surface area contributed by atoms with Crippen molar-refractivity contribution < 1.29 is 18.5 Å². The SMILES string of the molecule is NOP(ON)OF. The van der Waals surface area contributed by atoms with Crippen molar-refractivity contribution in [3.05, 3.63) is 0 Å². The first-order valence-corrected chi connectivity index (χ1v) is 2.27. The van der Waals surface area contributed by atoms with Crippen LogP contribution in [0, 0.1) is 0 Å². The van der Waals surface area contributed by atoms with E-state index in [9.17, 15) is 4.53 Å².